The molecule has 0 amide bonds. The average molecular weight is 481 g/mol. The van der Waals surface area contributed by atoms with E-state index in [9.17, 15) is 25.4 Å². The molecule has 0 radical (unpaired) electrons. The summed E-state index contributed by atoms with van der Waals surface area (Å²) in [6, 6.07) is 22.6. The molecule has 2 heterocycles. The van der Waals surface area contributed by atoms with Crippen molar-refractivity contribution in [1.29, 1.82) is 10.5 Å². The third kappa shape index (κ3) is 3.37. The number of rotatable bonds is 4. The number of benzene rings is 3. The molecule has 0 N–H and O–H groups in total. The Kier molecular flexibility index (Phi) is 5.36. The van der Waals surface area contributed by atoms with Gasteiger partial charge >= 0.3 is 0 Å². The molecular formula is C27H17ClN4O3. The van der Waals surface area contributed by atoms with Crippen molar-refractivity contribution >= 4 is 34.8 Å². The van der Waals surface area contributed by atoms with Crippen LogP contribution in [-0.2, 0) is 0 Å². The van der Waals surface area contributed by atoms with Crippen LogP contribution >= 0.6 is 11.6 Å². The van der Waals surface area contributed by atoms with Gasteiger partial charge in [-0.2, -0.15) is 10.5 Å². The zero-order valence-corrected chi connectivity index (χ0v) is 19.0. The molecule has 0 saturated carbocycles. The lowest BCUT2D eigenvalue weighted by Gasteiger charge is -2.35. The van der Waals surface area contributed by atoms with Crippen molar-refractivity contribution in [2.45, 2.75) is 18.0 Å². The first kappa shape index (κ1) is 22.3. The first-order valence-corrected chi connectivity index (χ1v) is 11.2. The second-order valence-electron chi connectivity index (χ2n) is 8.51. The van der Waals surface area contributed by atoms with Crippen LogP contribution in [0, 0.1) is 38.2 Å². The van der Waals surface area contributed by atoms with Crippen molar-refractivity contribution in [1.82, 2.24) is 0 Å². The second-order valence-corrected chi connectivity index (χ2v) is 8.94. The molecule has 35 heavy (non-hydrogen) atoms. The van der Waals surface area contributed by atoms with Crippen molar-refractivity contribution in [2.24, 2.45) is 5.41 Å². The molecular weight excluding hydrogens is 464 g/mol. The van der Waals surface area contributed by atoms with E-state index in [-0.39, 0.29) is 17.0 Å². The van der Waals surface area contributed by atoms with Gasteiger partial charge in [0, 0.05) is 34.3 Å². The highest BCUT2D eigenvalue weighted by molar-refractivity contribution is 6.30. The van der Waals surface area contributed by atoms with E-state index in [1.807, 2.05) is 41.3 Å². The van der Waals surface area contributed by atoms with Crippen LogP contribution in [0.3, 0.4) is 0 Å². The van der Waals surface area contributed by atoms with Gasteiger partial charge in [-0.15, -0.1) is 0 Å². The molecule has 8 heteroatoms. The van der Waals surface area contributed by atoms with Crippen molar-refractivity contribution in [3.8, 4) is 12.1 Å². The van der Waals surface area contributed by atoms with Crippen LogP contribution in [0.25, 0.3) is 6.08 Å². The molecule has 170 valence electrons. The van der Waals surface area contributed by atoms with Crippen LogP contribution < -0.4 is 4.90 Å². The third-order valence-electron chi connectivity index (χ3n) is 6.76. The first-order chi connectivity index (χ1) is 16.9. The summed E-state index contributed by atoms with van der Waals surface area (Å²) in [7, 11) is 0. The fourth-order valence-corrected chi connectivity index (χ4v) is 5.40. The predicted octanol–water partition coefficient (Wildman–Crippen LogP) is 5.53. The van der Waals surface area contributed by atoms with E-state index in [1.165, 1.54) is 24.3 Å². The lowest BCUT2D eigenvalue weighted by atomic mass is 9.69. The molecule has 0 aliphatic carbocycles. The van der Waals surface area contributed by atoms with Crippen molar-refractivity contribution in [3.05, 3.63) is 111 Å². The summed E-state index contributed by atoms with van der Waals surface area (Å²) in [5, 5.41) is 32.4. The molecule has 1 saturated heterocycles. The standard InChI is InChI=1S/C27H17ClN4O3/c28-20-9-12-22-19(14-20)8-13-23-27(15-29,16-30)24(17-4-2-1-3-5-17)25(31(22)23)26(33)18-6-10-21(11-7-18)32(34)35/h1-14,23-25H/t23-,24-,25-/m1/s1. The zero-order chi connectivity index (χ0) is 24.7. The minimum atomic E-state index is -1.56. The smallest absolute Gasteiger partial charge is 0.269 e. The van der Waals surface area contributed by atoms with E-state index >= 15 is 0 Å². The molecule has 0 unspecified atom stereocenters. The van der Waals surface area contributed by atoms with Crippen LogP contribution in [0.2, 0.25) is 5.02 Å². The monoisotopic (exact) mass is 480 g/mol. The summed E-state index contributed by atoms with van der Waals surface area (Å²) < 4.78 is 0. The summed E-state index contributed by atoms with van der Waals surface area (Å²) in [5.41, 5.74) is 0.723. The number of Topliss-reactive ketones (excluding diaryl/α,β-unsaturated/α-hetero) is 1. The lowest BCUT2D eigenvalue weighted by Crippen LogP contribution is -2.44. The van der Waals surface area contributed by atoms with Gasteiger partial charge in [0.1, 0.15) is 6.04 Å². The number of anilines is 1. The Morgan fingerprint density at radius 1 is 1.03 bits per heavy atom. The zero-order valence-electron chi connectivity index (χ0n) is 18.2. The largest absolute Gasteiger partial charge is 0.351 e. The Balaban J connectivity index is 1.75. The Bertz CT molecular complexity index is 1440. The van der Waals surface area contributed by atoms with Gasteiger partial charge in [-0.05, 0) is 41.5 Å². The summed E-state index contributed by atoms with van der Waals surface area (Å²) in [5.74, 6) is -1.11. The van der Waals surface area contributed by atoms with Gasteiger partial charge in [-0.1, -0.05) is 54.1 Å². The summed E-state index contributed by atoms with van der Waals surface area (Å²) >= 11 is 6.21. The number of nitro groups is 1. The normalized spacial score (nSPS) is 21.3. The highest BCUT2D eigenvalue weighted by atomic mass is 35.5. The quantitative estimate of drug-likeness (QED) is 0.275. The molecule has 3 atom stereocenters. The van der Waals surface area contributed by atoms with Gasteiger partial charge < -0.3 is 4.90 Å². The van der Waals surface area contributed by atoms with Crippen LogP contribution in [0.1, 0.15) is 27.4 Å². The van der Waals surface area contributed by atoms with Gasteiger partial charge in [-0.3, -0.25) is 14.9 Å². The van der Waals surface area contributed by atoms with Crippen LogP contribution in [0.5, 0.6) is 0 Å². The van der Waals surface area contributed by atoms with Crippen molar-refractivity contribution in [2.75, 3.05) is 4.90 Å². The number of non-ortho nitro benzene ring substituents is 1. The number of fused-ring (bicyclic) bond motifs is 3. The number of halogens is 1. The number of carbonyl (C=O) groups is 1. The Labute approximate surface area is 206 Å². The Morgan fingerprint density at radius 3 is 2.34 bits per heavy atom. The highest BCUT2D eigenvalue weighted by Crippen LogP contribution is 2.55. The maximum absolute atomic E-state index is 14.1. The van der Waals surface area contributed by atoms with Crippen LogP contribution in [0.15, 0.2) is 78.9 Å². The minimum Gasteiger partial charge on any atom is -0.351 e. The molecule has 1 fully saturated rings. The molecule has 3 aromatic rings. The lowest BCUT2D eigenvalue weighted by molar-refractivity contribution is -0.384. The third-order valence-corrected chi connectivity index (χ3v) is 6.99. The van der Waals surface area contributed by atoms with Gasteiger partial charge in [-0.25, -0.2) is 0 Å². The summed E-state index contributed by atoms with van der Waals surface area (Å²) in [4.78, 5) is 26.5. The van der Waals surface area contributed by atoms with E-state index in [0.29, 0.717) is 16.3 Å². The molecule has 2 aliphatic rings. The van der Waals surface area contributed by atoms with E-state index in [2.05, 4.69) is 12.1 Å². The minimum absolute atomic E-state index is 0.130. The summed E-state index contributed by atoms with van der Waals surface area (Å²) in [6.45, 7) is 0. The Hall–Kier alpha value is -4.46. The van der Waals surface area contributed by atoms with Crippen molar-refractivity contribution < 1.29 is 9.72 Å². The molecule has 5 rings (SSSR count). The van der Waals surface area contributed by atoms with E-state index in [1.54, 1.807) is 24.3 Å². The molecule has 3 aromatic carbocycles. The number of hydrogen-bond donors (Lipinski definition) is 0. The van der Waals surface area contributed by atoms with Gasteiger partial charge in [0.05, 0.1) is 23.1 Å². The average Bonchev–Trinajstić information content (AvgIpc) is 3.19. The number of nitrogens with zero attached hydrogens (tertiary/aromatic N) is 4. The van der Waals surface area contributed by atoms with Gasteiger partial charge in [0.25, 0.3) is 5.69 Å². The molecule has 0 aromatic heterocycles. The fourth-order valence-electron chi connectivity index (χ4n) is 5.22. The van der Waals surface area contributed by atoms with Gasteiger partial charge in [0.2, 0.25) is 0 Å². The van der Waals surface area contributed by atoms with Crippen LogP contribution in [0.4, 0.5) is 11.4 Å². The topological polar surface area (TPSA) is 111 Å². The SMILES string of the molecule is N#CC1(C#N)[C@H](c2ccccc2)[C@H](C(=O)c2ccc([N+](=O)[O-])cc2)N2c3ccc(Cl)cc3C=C[C@@H]21. The first-order valence-electron chi connectivity index (χ1n) is 10.8. The molecule has 2 aliphatic heterocycles. The van der Waals surface area contributed by atoms with Gasteiger partial charge in [0.15, 0.2) is 11.2 Å². The Morgan fingerprint density at radius 2 is 1.71 bits per heavy atom. The molecule has 0 spiro atoms. The second kappa shape index (κ2) is 8.39. The number of hydrogen-bond acceptors (Lipinski definition) is 6. The number of nitriles is 2. The molecule has 7 nitrogen and oxygen atoms in total. The molecule has 0 bridgehead atoms. The maximum atomic E-state index is 14.1. The van der Waals surface area contributed by atoms with Crippen LogP contribution in [-0.4, -0.2) is 22.8 Å². The maximum Gasteiger partial charge on any atom is 0.269 e. The number of nitro benzene ring substituents is 1. The van der Waals surface area contributed by atoms with E-state index < -0.39 is 28.3 Å². The fraction of sp³-hybridized carbons (Fsp3) is 0.148. The number of ketones is 1. The van der Waals surface area contributed by atoms with E-state index in [4.69, 9.17) is 11.6 Å². The van der Waals surface area contributed by atoms with Crippen molar-refractivity contribution in [3.63, 3.8) is 0 Å². The number of carbonyl (C=O) groups excluding carboxylic acids is 1. The summed E-state index contributed by atoms with van der Waals surface area (Å²) in [6.07, 6.45) is 3.61. The highest BCUT2D eigenvalue weighted by Gasteiger charge is 2.63. The predicted molar refractivity (Wildman–Crippen MR) is 131 cm³/mol. The van der Waals surface area contributed by atoms with E-state index in [0.717, 1.165) is 5.56 Å².